The van der Waals surface area contributed by atoms with Gasteiger partial charge in [0.05, 0.1) is 43.1 Å². The standard InChI is InChI=1S/C17H17N3O4.C16H14ClN3O3/c1-23-12-8-7-11(15(9-12)24-2)10-18-17(22)20-16(21)13-5-3-4-6-14(13)19-20;1-23-14-7-6-11(17)8-10(14)9-18-16(22)20-15(21)12-4-2-3-5-13(12)19-20/h3-9,19H,10H2,1-2H3,(H,18,22);2-8,19H,9H2,1H3,(H,18,22). The Bertz CT molecular complexity index is 2180. The second-order valence-electron chi connectivity index (χ2n) is 10.0. The van der Waals surface area contributed by atoms with Gasteiger partial charge in [-0.3, -0.25) is 19.8 Å². The molecule has 6 aromatic rings. The molecule has 0 saturated carbocycles. The number of nitrogens with zero attached hydrogens (tertiary/aromatic N) is 2. The third-order valence-electron chi connectivity index (χ3n) is 7.19. The number of fused-ring (bicyclic) bond motifs is 2. The smallest absolute Gasteiger partial charge is 0.343 e. The lowest BCUT2D eigenvalue weighted by molar-refractivity contribution is 0.237. The monoisotopic (exact) mass is 658 g/mol. The van der Waals surface area contributed by atoms with E-state index in [4.69, 9.17) is 25.8 Å². The number of halogens is 1. The van der Waals surface area contributed by atoms with Gasteiger partial charge in [-0.05, 0) is 54.6 Å². The largest absolute Gasteiger partial charge is 0.497 e. The molecule has 0 aliphatic rings. The van der Waals surface area contributed by atoms with Crippen LogP contribution in [-0.2, 0) is 13.1 Å². The van der Waals surface area contributed by atoms with E-state index in [1.165, 1.54) is 7.11 Å². The van der Waals surface area contributed by atoms with Crippen molar-refractivity contribution in [1.82, 2.24) is 30.2 Å². The minimum atomic E-state index is -0.548. The van der Waals surface area contributed by atoms with E-state index in [9.17, 15) is 19.2 Å². The van der Waals surface area contributed by atoms with E-state index in [0.29, 0.717) is 44.1 Å². The second-order valence-corrected chi connectivity index (χ2v) is 10.5. The highest BCUT2D eigenvalue weighted by molar-refractivity contribution is 6.30. The molecule has 0 radical (unpaired) electrons. The molecule has 0 aliphatic heterocycles. The van der Waals surface area contributed by atoms with Gasteiger partial charge in [-0.25, -0.2) is 9.59 Å². The summed E-state index contributed by atoms with van der Waals surface area (Å²) in [6.07, 6.45) is 0. The first kappa shape index (κ1) is 32.4. The lowest BCUT2D eigenvalue weighted by atomic mass is 10.2. The van der Waals surface area contributed by atoms with E-state index in [1.54, 1.807) is 99.1 Å². The molecule has 13 nitrogen and oxygen atoms in total. The molecule has 0 spiro atoms. The van der Waals surface area contributed by atoms with Gasteiger partial charge in [0.15, 0.2) is 0 Å². The lowest BCUT2D eigenvalue weighted by Crippen LogP contribution is -2.35. The quantitative estimate of drug-likeness (QED) is 0.191. The maximum absolute atomic E-state index is 12.3. The molecule has 0 atom stereocenters. The van der Waals surface area contributed by atoms with Gasteiger partial charge in [0.25, 0.3) is 11.1 Å². The minimum Gasteiger partial charge on any atom is -0.497 e. The first-order valence-electron chi connectivity index (χ1n) is 14.2. The molecule has 6 rings (SSSR count). The molecule has 0 aliphatic carbocycles. The Morgan fingerprint density at radius 1 is 0.660 bits per heavy atom. The van der Waals surface area contributed by atoms with Gasteiger partial charge in [0, 0.05) is 35.3 Å². The molecule has 0 fully saturated rings. The number of nitrogens with one attached hydrogen (secondary N) is 4. The highest BCUT2D eigenvalue weighted by Gasteiger charge is 2.15. The molecule has 242 valence electrons. The van der Waals surface area contributed by atoms with Gasteiger partial charge in [-0.2, -0.15) is 9.36 Å². The number of carbonyl (C=O) groups excluding carboxylic acids is 2. The number of benzene rings is 4. The number of aromatic nitrogens is 4. The summed E-state index contributed by atoms with van der Waals surface area (Å²) in [6.45, 7) is 0.401. The van der Waals surface area contributed by atoms with Gasteiger partial charge in [-0.1, -0.05) is 35.9 Å². The van der Waals surface area contributed by atoms with E-state index < -0.39 is 17.6 Å². The van der Waals surface area contributed by atoms with Crippen molar-refractivity contribution in [2.45, 2.75) is 13.1 Å². The Labute approximate surface area is 272 Å². The summed E-state index contributed by atoms with van der Waals surface area (Å²) in [4.78, 5) is 48.9. The summed E-state index contributed by atoms with van der Waals surface area (Å²) in [7, 11) is 4.65. The predicted octanol–water partition coefficient (Wildman–Crippen LogP) is 4.85. The number of amides is 2. The number of aromatic amines is 2. The van der Waals surface area contributed by atoms with Gasteiger partial charge >= 0.3 is 12.1 Å². The van der Waals surface area contributed by atoms with Crippen LogP contribution in [0.5, 0.6) is 17.2 Å². The van der Waals surface area contributed by atoms with Gasteiger partial charge in [-0.15, -0.1) is 0 Å². The fourth-order valence-electron chi connectivity index (χ4n) is 4.79. The number of H-pyrrole nitrogens is 2. The molecule has 0 saturated heterocycles. The SMILES string of the molecule is COc1ccc(CNC(=O)n2[nH]c3ccccc3c2=O)c(OC)c1.COc1ccc(Cl)cc1CNC(=O)n1[nH]c2ccccc2c1=O. The lowest BCUT2D eigenvalue weighted by Gasteiger charge is -2.11. The summed E-state index contributed by atoms with van der Waals surface area (Å²) >= 11 is 5.96. The van der Waals surface area contributed by atoms with E-state index in [-0.39, 0.29) is 18.6 Å². The summed E-state index contributed by atoms with van der Waals surface area (Å²) in [5.41, 5.74) is 1.93. The van der Waals surface area contributed by atoms with Crippen molar-refractivity contribution in [2.24, 2.45) is 0 Å². The number of hydrogen-bond acceptors (Lipinski definition) is 7. The highest BCUT2D eigenvalue weighted by Crippen LogP contribution is 2.24. The summed E-state index contributed by atoms with van der Waals surface area (Å²) in [5, 5.41) is 12.4. The predicted molar refractivity (Wildman–Crippen MR) is 178 cm³/mol. The maximum Gasteiger partial charge on any atom is 0.343 e. The van der Waals surface area contributed by atoms with Crippen LogP contribution in [0.4, 0.5) is 9.59 Å². The van der Waals surface area contributed by atoms with Crippen LogP contribution >= 0.6 is 11.6 Å². The average Bonchev–Trinajstić information content (AvgIpc) is 3.62. The topological polar surface area (TPSA) is 161 Å². The molecule has 4 aromatic carbocycles. The van der Waals surface area contributed by atoms with Gasteiger partial charge in [0.2, 0.25) is 0 Å². The fraction of sp³-hybridized carbons (Fsp3) is 0.152. The van der Waals surface area contributed by atoms with Crippen LogP contribution in [0, 0.1) is 0 Å². The van der Waals surface area contributed by atoms with Gasteiger partial charge in [0.1, 0.15) is 17.2 Å². The van der Waals surface area contributed by atoms with Crippen LogP contribution in [0.15, 0.2) is 94.5 Å². The second kappa shape index (κ2) is 14.4. The van der Waals surface area contributed by atoms with E-state index >= 15 is 0 Å². The van der Waals surface area contributed by atoms with E-state index in [1.807, 2.05) is 0 Å². The third kappa shape index (κ3) is 7.15. The van der Waals surface area contributed by atoms with Crippen LogP contribution in [0.25, 0.3) is 21.8 Å². The zero-order valence-corrected chi connectivity index (χ0v) is 26.4. The van der Waals surface area contributed by atoms with Crippen molar-refractivity contribution in [1.29, 1.82) is 0 Å². The van der Waals surface area contributed by atoms with Crippen LogP contribution in [0.3, 0.4) is 0 Å². The first-order chi connectivity index (χ1) is 22.7. The van der Waals surface area contributed by atoms with E-state index in [2.05, 4.69) is 20.8 Å². The van der Waals surface area contributed by atoms with Crippen LogP contribution in [-0.4, -0.2) is 53.0 Å². The zero-order chi connectivity index (χ0) is 33.5. The number of para-hydroxylation sites is 2. The number of methoxy groups -OCH3 is 3. The van der Waals surface area contributed by atoms with Crippen molar-refractivity contribution in [3.05, 3.63) is 122 Å². The van der Waals surface area contributed by atoms with Gasteiger partial charge < -0.3 is 24.8 Å². The van der Waals surface area contributed by atoms with Crippen LogP contribution in [0.1, 0.15) is 11.1 Å². The molecule has 0 unspecified atom stereocenters. The first-order valence-corrected chi connectivity index (χ1v) is 14.6. The van der Waals surface area contributed by atoms with Crippen LogP contribution in [0.2, 0.25) is 5.02 Å². The Morgan fingerprint density at radius 2 is 1.19 bits per heavy atom. The Balaban J connectivity index is 0.000000185. The van der Waals surface area contributed by atoms with Crippen molar-refractivity contribution < 1.29 is 23.8 Å². The molecule has 0 bridgehead atoms. The molecule has 2 amide bonds. The average molecular weight is 659 g/mol. The molecule has 2 heterocycles. The zero-order valence-electron chi connectivity index (χ0n) is 25.6. The summed E-state index contributed by atoms with van der Waals surface area (Å²) in [5.74, 6) is 1.87. The summed E-state index contributed by atoms with van der Waals surface area (Å²) < 4.78 is 17.6. The number of hydrogen-bond donors (Lipinski definition) is 4. The normalized spacial score (nSPS) is 10.6. The highest BCUT2D eigenvalue weighted by atomic mass is 35.5. The van der Waals surface area contributed by atoms with Crippen LogP contribution < -0.4 is 36.0 Å². The fourth-order valence-corrected chi connectivity index (χ4v) is 4.98. The Hall–Kier alpha value is -5.95. The molecular weight excluding hydrogens is 628 g/mol. The minimum absolute atomic E-state index is 0.185. The Morgan fingerprint density at radius 3 is 1.70 bits per heavy atom. The Kier molecular flexibility index (Phi) is 9.96. The molecule has 47 heavy (non-hydrogen) atoms. The third-order valence-corrected chi connectivity index (χ3v) is 7.42. The van der Waals surface area contributed by atoms with Crippen molar-refractivity contribution >= 4 is 45.5 Å². The molecular formula is C33H31ClN6O7. The maximum atomic E-state index is 12.3. The number of ether oxygens (including phenoxy) is 3. The number of rotatable bonds is 7. The molecule has 14 heteroatoms. The van der Waals surface area contributed by atoms with Crippen molar-refractivity contribution in [2.75, 3.05) is 21.3 Å². The van der Waals surface area contributed by atoms with Crippen molar-refractivity contribution in [3.63, 3.8) is 0 Å². The molecule has 2 aromatic heterocycles. The van der Waals surface area contributed by atoms with E-state index in [0.717, 1.165) is 20.5 Å². The van der Waals surface area contributed by atoms with Crippen molar-refractivity contribution in [3.8, 4) is 17.2 Å². The summed E-state index contributed by atoms with van der Waals surface area (Å²) in [6, 6.07) is 23.2. The number of carbonyl (C=O) groups is 2. The molecule has 4 N–H and O–H groups in total.